The quantitative estimate of drug-likeness (QED) is 0.631. The molecule has 1 saturated carbocycles. The van der Waals surface area contributed by atoms with Gasteiger partial charge in [0.2, 0.25) is 0 Å². The molecule has 2 aromatic rings. The summed E-state index contributed by atoms with van der Waals surface area (Å²) < 4.78 is 0. The Hall–Kier alpha value is -2.26. The monoisotopic (exact) mass is 396 g/mol. The van der Waals surface area contributed by atoms with Crippen molar-refractivity contribution in [2.45, 2.75) is 47.5 Å². The van der Waals surface area contributed by atoms with Crippen molar-refractivity contribution in [3.05, 3.63) is 58.1 Å². The van der Waals surface area contributed by atoms with Gasteiger partial charge in [-0.25, -0.2) is 0 Å². The molecule has 28 heavy (non-hydrogen) atoms. The second-order valence-corrected chi connectivity index (χ2v) is 9.13. The second-order valence-electron chi connectivity index (χ2n) is 8.72. The van der Waals surface area contributed by atoms with E-state index in [1.807, 2.05) is 50.2 Å². The van der Waals surface area contributed by atoms with Crippen LogP contribution in [0.5, 0.6) is 0 Å². The fourth-order valence-electron chi connectivity index (χ4n) is 4.17. The minimum absolute atomic E-state index is 0.314. The summed E-state index contributed by atoms with van der Waals surface area (Å²) in [5.41, 5.74) is 1.92. The maximum Gasteiger partial charge on any atom is 0.160 e. The number of aryl methyl sites for hydroxylation is 1. The molecule has 3 rings (SSSR count). The van der Waals surface area contributed by atoms with Gasteiger partial charge in [-0.1, -0.05) is 35.9 Å². The van der Waals surface area contributed by atoms with Crippen molar-refractivity contribution in [2.75, 3.05) is 0 Å². The molecule has 0 aromatic heterocycles. The van der Waals surface area contributed by atoms with Crippen LogP contribution in [0, 0.1) is 24.7 Å². The minimum Gasteiger partial charge on any atom is -0.298 e. The predicted molar refractivity (Wildman–Crippen MR) is 112 cm³/mol. The number of halogens is 1. The first-order valence-electron chi connectivity index (χ1n) is 9.40. The minimum atomic E-state index is -1.20. The normalized spacial score (nSPS) is 19.2. The number of Topliss-reactive ketones (excluding diaryl/α,β-unsaturated/α-hetero) is 3. The Morgan fingerprint density at radius 2 is 1.43 bits per heavy atom. The first-order chi connectivity index (χ1) is 12.9. The Kier molecular flexibility index (Phi) is 4.87. The van der Waals surface area contributed by atoms with Crippen molar-refractivity contribution in [2.24, 2.45) is 10.8 Å². The first-order valence-corrected chi connectivity index (χ1v) is 9.78. The van der Waals surface area contributed by atoms with Gasteiger partial charge < -0.3 is 0 Å². The van der Waals surface area contributed by atoms with Crippen LogP contribution in [0.25, 0.3) is 11.1 Å². The summed E-state index contributed by atoms with van der Waals surface area (Å²) >= 11 is 6.27. The molecule has 146 valence electrons. The van der Waals surface area contributed by atoms with Crippen LogP contribution >= 0.6 is 11.6 Å². The molecule has 0 N–H and O–H groups in total. The molecule has 0 radical (unpaired) electrons. The van der Waals surface area contributed by atoms with Crippen molar-refractivity contribution in [3.63, 3.8) is 0 Å². The largest absolute Gasteiger partial charge is 0.298 e. The van der Waals surface area contributed by atoms with Crippen LogP contribution < -0.4 is 0 Å². The Balaban J connectivity index is 2.21. The lowest BCUT2D eigenvalue weighted by Gasteiger charge is -2.41. The summed E-state index contributed by atoms with van der Waals surface area (Å²) in [4.78, 5) is 39.2. The average Bonchev–Trinajstić information content (AvgIpc) is 2.64. The third-order valence-electron chi connectivity index (χ3n) is 6.06. The summed E-state index contributed by atoms with van der Waals surface area (Å²) in [6.45, 7) is 10.3. The highest BCUT2D eigenvalue weighted by atomic mass is 35.5. The van der Waals surface area contributed by atoms with E-state index in [-0.39, 0.29) is 17.3 Å². The zero-order chi connectivity index (χ0) is 21.0. The van der Waals surface area contributed by atoms with Crippen molar-refractivity contribution >= 4 is 29.0 Å². The van der Waals surface area contributed by atoms with Gasteiger partial charge in [0.1, 0.15) is 5.92 Å². The summed E-state index contributed by atoms with van der Waals surface area (Å²) in [6, 6.07) is 11.5. The topological polar surface area (TPSA) is 51.2 Å². The fraction of sp³-hybridized carbons (Fsp3) is 0.375. The molecule has 0 amide bonds. The lowest BCUT2D eigenvalue weighted by molar-refractivity contribution is -0.157. The molecule has 3 nitrogen and oxygen atoms in total. The van der Waals surface area contributed by atoms with Gasteiger partial charge in [0.15, 0.2) is 17.3 Å². The molecule has 2 aromatic carbocycles. The number of benzene rings is 2. The maximum atomic E-state index is 13.2. The SMILES string of the molecule is Cc1ccc(-c2cccc(Cl)c2C)cc1C1C(=O)C(C)(C)C(=O)C(C)(C)C1=O. The van der Waals surface area contributed by atoms with E-state index in [1.165, 1.54) is 0 Å². The van der Waals surface area contributed by atoms with E-state index in [1.54, 1.807) is 27.7 Å². The van der Waals surface area contributed by atoms with Gasteiger partial charge >= 0.3 is 0 Å². The van der Waals surface area contributed by atoms with Crippen molar-refractivity contribution in [3.8, 4) is 11.1 Å². The molecule has 0 atom stereocenters. The van der Waals surface area contributed by atoms with Gasteiger partial charge in [-0.3, -0.25) is 14.4 Å². The molecule has 0 aliphatic heterocycles. The number of hydrogen-bond acceptors (Lipinski definition) is 3. The summed E-state index contributed by atoms with van der Waals surface area (Å²) in [5, 5.41) is 0.664. The number of rotatable bonds is 2. The molecule has 0 unspecified atom stereocenters. The van der Waals surface area contributed by atoms with Crippen LogP contribution in [0.3, 0.4) is 0 Å². The zero-order valence-electron chi connectivity index (χ0n) is 17.1. The Bertz CT molecular complexity index is 985. The highest BCUT2D eigenvalue weighted by Gasteiger charge is 2.58. The Morgan fingerprint density at radius 3 is 2.00 bits per heavy atom. The molecule has 1 aliphatic carbocycles. The number of hydrogen-bond donors (Lipinski definition) is 0. The van der Waals surface area contributed by atoms with Gasteiger partial charge in [-0.05, 0) is 81.5 Å². The van der Waals surface area contributed by atoms with Crippen molar-refractivity contribution in [1.82, 2.24) is 0 Å². The van der Waals surface area contributed by atoms with Gasteiger partial charge in [-0.2, -0.15) is 0 Å². The molecule has 0 bridgehead atoms. The molecular weight excluding hydrogens is 372 g/mol. The summed E-state index contributed by atoms with van der Waals surface area (Å²) in [7, 11) is 0. The molecule has 0 heterocycles. The van der Waals surface area contributed by atoms with E-state index >= 15 is 0 Å². The molecule has 0 saturated heterocycles. The zero-order valence-corrected chi connectivity index (χ0v) is 17.9. The van der Waals surface area contributed by atoms with Crippen LogP contribution in [0.2, 0.25) is 5.02 Å². The fourth-order valence-corrected chi connectivity index (χ4v) is 4.34. The van der Waals surface area contributed by atoms with E-state index in [0.29, 0.717) is 10.6 Å². The predicted octanol–water partition coefficient (Wildman–Crippen LogP) is 5.48. The van der Waals surface area contributed by atoms with Gasteiger partial charge in [0.25, 0.3) is 0 Å². The molecule has 1 fully saturated rings. The van der Waals surface area contributed by atoms with Crippen LogP contribution in [0.1, 0.15) is 50.3 Å². The lowest BCUT2D eigenvalue weighted by Crippen LogP contribution is -2.56. The Labute approximate surface area is 171 Å². The van der Waals surface area contributed by atoms with Crippen LogP contribution in [0.4, 0.5) is 0 Å². The van der Waals surface area contributed by atoms with E-state index in [9.17, 15) is 14.4 Å². The lowest BCUT2D eigenvalue weighted by atomic mass is 9.57. The maximum absolute atomic E-state index is 13.2. The highest BCUT2D eigenvalue weighted by molar-refractivity contribution is 6.32. The number of ketones is 3. The van der Waals surface area contributed by atoms with E-state index < -0.39 is 16.7 Å². The van der Waals surface area contributed by atoms with Crippen molar-refractivity contribution in [1.29, 1.82) is 0 Å². The van der Waals surface area contributed by atoms with E-state index in [2.05, 4.69) is 0 Å². The van der Waals surface area contributed by atoms with Crippen LogP contribution in [0.15, 0.2) is 36.4 Å². The number of carbonyl (C=O) groups excluding carboxylic acids is 3. The smallest absolute Gasteiger partial charge is 0.160 e. The van der Waals surface area contributed by atoms with Gasteiger partial charge in [0.05, 0.1) is 10.8 Å². The highest BCUT2D eigenvalue weighted by Crippen LogP contribution is 2.45. The third-order valence-corrected chi connectivity index (χ3v) is 6.47. The molecule has 0 spiro atoms. The standard InChI is InChI=1S/C24H25ClO3/c1-13-10-11-15(16-8-7-9-18(25)14(16)2)12-17(13)19-20(26)23(3,4)22(28)24(5,6)21(19)27/h7-12,19H,1-6H3. The van der Waals surface area contributed by atoms with Crippen molar-refractivity contribution < 1.29 is 14.4 Å². The summed E-state index contributed by atoms with van der Waals surface area (Å²) in [5.74, 6) is -1.91. The first kappa shape index (κ1) is 20.5. The molecule has 4 heteroatoms. The van der Waals surface area contributed by atoms with Gasteiger partial charge in [0, 0.05) is 5.02 Å². The molecule has 1 aliphatic rings. The van der Waals surface area contributed by atoms with Crippen LogP contribution in [-0.2, 0) is 14.4 Å². The second kappa shape index (κ2) is 6.66. The van der Waals surface area contributed by atoms with Crippen LogP contribution in [-0.4, -0.2) is 17.3 Å². The van der Waals surface area contributed by atoms with E-state index in [0.717, 1.165) is 22.3 Å². The summed E-state index contributed by atoms with van der Waals surface area (Å²) in [6.07, 6.45) is 0. The molecular formula is C24H25ClO3. The van der Waals surface area contributed by atoms with Gasteiger partial charge in [-0.15, -0.1) is 0 Å². The Morgan fingerprint density at radius 1 is 0.857 bits per heavy atom. The third kappa shape index (κ3) is 2.93. The van der Waals surface area contributed by atoms with E-state index in [4.69, 9.17) is 11.6 Å². The number of carbonyl (C=O) groups is 3. The average molecular weight is 397 g/mol.